The van der Waals surface area contributed by atoms with Crippen LogP contribution in [0.3, 0.4) is 0 Å². The molecule has 0 saturated carbocycles. The number of non-ortho nitro benzene ring substituents is 1. The Morgan fingerprint density at radius 1 is 0.613 bits per heavy atom. The number of phenolic OH excluding ortho intramolecular Hbond substituents is 3. The van der Waals surface area contributed by atoms with E-state index in [1.54, 1.807) is 65.5 Å². The molecule has 11 aromatic rings. The number of Topliss-reactive ketones (excluding diaryl/α,β-unsaturated/α-hetero) is 1. The lowest BCUT2D eigenvalue weighted by molar-refractivity contribution is -0.384. The van der Waals surface area contributed by atoms with Crippen molar-refractivity contribution >= 4 is 72.6 Å². The first-order valence-electron chi connectivity index (χ1n) is 25.2. The summed E-state index contributed by atoms with van der Waals surface area (Å²) in [7, 11) is 0. The highest BCUT2D eigenvalue weighted by Crippen LogP contribution is 2.30. The Morgan fingerprint density at radius 3 is 1.68 bits per heavy atom. The van der Waals surface area contributed by atoms with E-state index in [0.717, 1.165) is 49.0 Å². The van der Waals surface area contributed by atoms with E-state index in [4.69, 9.17) is 23.2 Å². The van der Waals surface area contributed by atoms with E-state index in [9.17, 15) is 39.8 Å². The van der Waals surface area contributed by atoms with E-state index >= 15 is 0 Å². The summed E-state index contributed by atoms with van der Waals surface area (Å²) in [5, 5.41) is 58.9. The van der Waals surface area contributed by atoms with Crippen molar-refractivity contribution in [3.05, 3.63) is 255 Å². The van der Waals surface area contributed by atoms with Crippen molar-refractivity contribution in [3.63, 3.8) is 0 Å². The van der Waals surface area contributed by atoms with Crippen molar-refractivity contribution in [2.45, 2.75) is 34.6 Å². The summed E-state index contributed by atoms with van der Waals surface area (Å²) in [6.45, 7) is 9.88. The Labute approximate surface area is 464 Å². The molecule has 404 valence electrons. The third-order valence-electron chi connectivity index (χ3n) is 12.1. The van der Waals surface area contributed by atoms with E-state index in [0.29, 0.717) is 38.8 Å². The fourth-order valence-electron chi connectivity index (χ4n) is 8.07. The number of aryl methyl sites for hydroxylation is 1. The van der Waals surface area contributed by atoms with Gasteiger partial charge in [-0.05, 0) is 99.4 Å². The topological polar surface area (TPSA) is 262 Å². The minimum Gasteiger partial charge on any atom is -0.506 e. The van der Waals surface area contributed by atoms with Crippen LogP contribution in [0.5, 0.6) is 17.2 Å². The van der Waals surface area contributed by atoms with Crippen LogP contribution < -0.4 is 16.6 Å². The quantitative estimate of drug-likeness (QED) is 0.0232. The SMILES string of the molecule is CC.CC.Cc1ccc(O)c(N(N)/C=C(\N)C(=O)c2ccc3ccccc3c2)c1.O=C(c1ccc2ccccc2c1)c1cn(-c2cc(Cl)ccc2O)[nH]1.O=C(c1ccc2ccccc2c1)c1cn(-c2ccc([N+](=O)[O-])cc2O)nn1. The predicted octanol–water partition coefficient (Wildman–Crippen LogP) is 13.1. The Hall–Kier alpha value is -10.4. The summed E-state index contributed by atoms with van der Waals surface area (Å²) >= 11 is 5.94. The number of aromatic nitrogens is 5. The van der Waals surface area contributed by atoms with Crippen LogP contribution in [0.25, 0.3) is 43.7 Å². The van der Waals surface area contributed by atoms with Gasteiger partial charge in [0.15, 0.2) is 5.69 Å². The zero-order valence-corrected chi connectivity index (χ0v) is 44.9. The number of nitrogens with two attached hydrogens (primary N) is 2. The summed E-state index contributed by atoms with van der Waals surface area (Å²) < 4.78 is 2.77. The van der Waals surface area contributed by atoms with Crippen LogP contribution in [0.4, 0.5) is 11.4 Å². The van der Waals surface area contributed by atoms with Crippen molar-refractivity contribution in [3.8, 4) is 28.6 Å². The van der Waals surface area contributed by atoms with E-state index in [1.165, 1.54) is 35.3 Å². The number of rotatable bonds is 11. The number of nitrogens with one attached hydrogen (secondary N) is 1. The second-order valence-corrected chi connectivity index (χ2v) is 17.7. The fraction of sp³-hybridized carbons (Fsp3) is 0.0806. The summed E-state index contributed by atoms with van der Waals surface area (Å²) in [5.74, 6) is 4.96. The molecule has 9 aromatic carbocycles. The van der Waals surface area contributed by atoms with Crippen molar-refractivity contribution in [1.82, 2.24) is 24.8 Å². The molecule has 0 aliphatic rings. The third-order valence-corrected chi connectivity index (χ3v) is 12.3. The number of ketones is 3. The maximum Gasteiger partial charge on any atom is 0.273 e. The predicted molar refractivity (Wildman–Crippen MR) is 314 cm³/mol. The van der Waals surface area contributed by atoms with Gasteiger partial charge in [0.1, 0.15) is 34.3 Å². The molecule has 0 radical (unpaired) electrons. The second kappa shape index (κ2) is 26.1. The number of hydrogen-bond acceptors (Lipinski definition) is 13. The molecular weight excluding hydrogens is 1030 g/mol. The zero-order valence-electron chi connectivity index (χ0n) is 44.2. The maximum atomic E-state index is 12.7. The van der Waals surface area contributed by atoms with Gasteiger partial charge in [-0.2, -0.15) is 0 Å². The first kappa shape index (κ1) is 57.3. The normalized spacial score (nSPS) is 10.7. The van der Waals surface area contributed by atoms with E-state index in [1.807, 2.05) is 138 Å². The van der Waals surface area contributed by atoms with Gasteiger partial charge in [-0.1, -0.05) is 160 Å². The number of nitro benzene ring substituents is 1. The Balaban J connectivity index is 0.000000168. The average molecular weight is 1090 g/mol. The number of anilines is 1. The van der Waals surface area contributed by atoms with Gasteiger partial charge in [-0.25, -0.2) is 10.5 Å². The largest absolute Gasteiger partial charge is 0.506 e. The minimum absolute atomic E-state index is 0.00954. The number of carbonyl (C=O) groups excluding carboxylic acids is 3. The highest BCUT2D eigenvalue weighted by atomic mass is 35.5. The lowest BCUT2D eigenvalue weighted by Gasteiger charge is -2.17. The number of hydrazine groups is 1. The number of carbonyl (C=O) groups is 3. The Bertz CT molecular complexity index is 4060. The molecule has 0 aliphatic heterocycles. The van der Waals surface area contributed by atoms with E-state index in [2.05, 4.69) is 15.4 Å². The molecule has 17 nitrogen and oxygen atoms in total. The van der Waals surface area contributed by atoms with Crippen molar-refractivity contribution in [1.29, 1.82) is 0 Å². The molecule has 0 spiro atoms. The molecule has 2 heterocycles. The number of halogens is 1. The summed E-state index contributed by atoms with van der Waals surface area (Å²) in [6.07, 6.45) is 4.33. The van der Waals surface area contributed by atoms with Gasteiger partial charge in [0.05, 0.1) is 34.8 Å². The lowest BCUT2D eigenvalue weighted by Crippen LogP contribution is -2.27. The monoisotopic (exact) mass is 1090 g/mol. The number of fused-ring (bicyclic) bond motifs is 3. The average Bonchev–Trinajstić information content (AvgIpc) is 3.97. The molecule has 0 saturated heterocycles. The van der Waals surface area contributed by atoms with E-state index in [-0.39, 0.29) is 57.4 Å². The molecule has 80 heavy (non-hydrogen) atoms. The van der Waals surface area contributed by atoms with Crippen LogP contribution in [0.2, 0.25) is 5.02 Å². The smallest absolute Gasteiger partial charge is 0.273 e. The van der Waals surface area contributed by atoms with Gasteiger partial charge >= 0.3 is 0 Å². The fourth-order valence-corrected chi connectivity index (χ4v) is 8.23. The first-order valence-corrected chi connectivity index (χ1v) is 25.6. The summed E-state index contributed by atoms with van der Waals surface area (Å²) in [4.78, 5) is 48.0. The minimum atomic E-state index is -0.612. The van der Waals surface area contributed by atoms with Crippen LogP contribution in [0, 0.1) is 17.0 Å². The van der Waals surface area contributed by atoms with E-state index < -0.39 is 4.92 Å². The highest BCUT2D eigenvalue weighted by Gasteiger charge is 2.19. The molecule has 0 fully saturated rings. The van der Waals surface area contributed by atoms with Crippen LogP contribution in [-0.4, -0.2) is 62.4 Å². The molecule has 0 unspecified atom stereocenters. The number of allylic oxidation sites excluding steroid dienone is 1. The molecule has 0 aliphatic carbocycles. The number of benzene rings is 9. The molecule has 8 N–H and O–H groups in total. The lowest BCUT2D eigenvalue weighted by atomic mass is 10.0. The maximum absolute atomic E-state index is 12.7. The molecule has 0 amide bonds. The van der Waals surface area contributed by atoms with Gasteiger partial charge in [-0.3, -0.25) is 39.3 Å². The number of aromatic hydroxyl groups is 3. The number of nitro groups is 1. The Kier molecular flexibility index (Phi) is 18.7. The van der Waals surface area contributed by atoms with Crippen molar-refractivity contribution < 1.29 is 34.6 Å². The number of phenols is 3. The molecule has 11 rings (SSSR count). The Morgan fingerprint density at radius 2 is 1.12 bits per heavy atom. The van der Waals surface area contributed by atoms with Crippen LogP contribution in [0.15, 0.2) is 206 Å². The van der Waals surface area contributed by atoms with Crippen molar-refractivity contribution in [2.75, 3.05) is 5.01 Å². The van der Waals surface area contributed by atoms with Crippen LogP contribution >= 0.6 is 11.6 Å². The number of nitrogens with zero attached hydrogens (tertiary/aromatic N) is 6. The summed E-state index contributed by atoms with van der Waals surface area (Å²) in [5.41, 5.74) is 9.77. The van der Waals surface area contributed by atoms with Crippen LogP contribution in [-0.2, 0) is 0 Å². The standard InChI is InChI=1S/C20H19N3O2.C19H13ClN2O2.C19H12N4O4.2C2H6/c1-13-6-9-19(24)18(10-13)23(22)12-17(21)20(25)16-8-7-14-4-2-3-5-15(14)11-16;20-15-7-8-18(23)17(10-15)22-11-16(21-22)19(24)14-6-5-12-3-1-2-4-13(12)9-14;24-18-10-15(23(26)27)7-8-17(18)22-11-16(20-21-22)19(25)14-6-5-12-3-1-2-4-13(12)9-14;2*1-2/h2-12,24H,21-22H2,1H3;1-11,21,23H;1-11,24H;2*1-2H3/b17-12-;;;;. The first-order chi connectivity index (χ1) is 38.6. The van der Waals surface area contributed by atoms with Gasteiger partial charge in [0.2, 0.25) is 17.3 Å². The van der Waals surface area contributed by atoms with Gasteiger partial charge in [-0.15, -0.1) is 5.10 Å². The summed E-state index contributed by atoms with van der Waals surface area (Å²) in [6, 6.07) is 53.1. The molecular formula is C62H56ClN9O8. The molecule has 0 bridgehead atoms. The van der Waals surface area contributed by atoms with Gasteiger partial charge in [0.25, 0.3) is 5.69 Å². The number of H-pyrrole nitrogens is 1. The van der Waals surface area contributed by atoms with Gasteiger partial charge < -0.3 is 21.1 Å². The molecule has 0 atom stereocenters. The van der Waals surface area contributed by atoms with Gasteiger partial charge in [0, 0.05) is 34.0 Å². The van der Waals surface area contributed by atoms with Crippen LogP contribution in [0.1, 0.15) is 75.7 Å². The zero-order chi connectivity index (χ0) is 57.6. The highest BCUT2D eigenvalue weighted by molar-refractivity contribution is 6.30. The molecule has 18 heteroatoms. The number of hydrogen-bond donors (Lipinski definition) is 6. The third kappa shape index (κ3) is 13.4. The number of aromatic amines is 1. The second-order valence-electron chi connectivity index (χ2n) is 17.3. The molecule has 2 aromatic heterocycles. The van der Waals surface area contributed by atoms with Crippen molar-refractivity contribution in [2.24, 2.45) is 11.6 Å².